The van der Waals surface area contributed by atoms with Gasteiger partial charge < -0.3 is 15.5 Å². The number of nitrogens with two attached hydrogens (primary N) is 1. The van der Waals surface area contributed by atoms with Crippen molar-refractivity contribution in [2.75, 3.05) is 26.2 Å². The van der Waals surface area contributed by atoms with Gasteiger partial charge in [0.2, 0.25) is 0 Å². The lowest BCUT2D eigenvalue weighted by atomic mass is 9.90. The van der Waals surface area contributed by atoms with Crippen LogP contribution in [0.15, 0.2) is 24.3 Å². The maximum absolute atomic E-state index is 12.8. The number of carbonyl (C=O) groups is 2. The molecule has 0 aromatic heterocycles. The molecule has 1 fully saturated rings. The molecule has 2 N–H and O–H groups in total. The van der Waals surface area contributed by atoms with Crippen LogP contribution in [0.25, 0.3) is 0 Å². The van der Waals surface area contributed by atoms with Crippen molar-refractivity contribution in [2.24, 2.45) is 11.7 Å². The summed E-state index contributed by atoms with van der Waals surface area (Å²) in [5, 5.41) is 0. The Kier molecular flexibility index (Phi) is 7.64. The van der Waals surface area contributed by atoms with Crippen molar-refractivity contribution < 1.29 is 9.59 Å². The smallest absolute Gasteiger partial charge is 0.253 e. The minimum atomic E-state index is 0.0130. The first-order valence-corrected chi connectivity index (χ1v) is 9.92. The van der Waals surface area contributed by atoms with Crippen LogP contribution in [0.1, 0.15) is 67.2 Å². The highest BCUT2D eigenvalue weighted by Gasteiger charge is 2.26. The number of piperidine rings is 1. The normalized spacial score (nSPS) is 16.4. The summed E-state index contributed by atoms with van der Waals surface area (Å²) >= 11 is 0. The fourth-order valence-corrected chi connectivity index (χ4v) is 3.63. The molecule has 1 atom stereocenters. The lowest BCUT2D eigenvalue weighted by Crippen LogP contribution is -2.42. The van der Waals surface area contributed by atoms with E-state index in [4.69, 9.17) is 5.73 Å². The van der Waals surface area contributed by atoms with Crippen molar-refractivity contribution in [2.45, 2.75) is 52.5 Å². The summed E-state index contributed by atoms with van der Waals surface area (Å²) in [6, 6.07) is 7.35. The topological polar surface area (TPSA) is 66.6 Å². The Morgan fingerprint density at radius 2 is 1.73 bits per heavy atom. The second kappa shape index (κ2) is 9.72. The number of benzene rings is 1. The molecule has 144 valence electrons. The van der Waals surface area contributed by atoms with Gasteiger partial charge in [-0.3, -0.25) is 9.59 Å². The second-order valence-electron chi connectivity index (χ2n) is 7.36. The molecule has 1 heterocycles. The minimum Gasteiger partial charge on any atom is -0.339 e. The highest BCUT2D eigenvalue weighted by atomic mass is 16.2. The number of carbonyl (C=O) groups excluding carboxylic acids is 2. The van der Waals surface area contributed by atoms with Crippen molar-refractivity contribution in [1.82, 2.24) is 9.80 Å². The molecule has 2 amide bonds. The van der Waals surface area contributed by atoms with Crippen LogP contribution in [0, 0.1) is 5.92 Å². The molecule has 26 heavy (non-hydrogen) atoms. The van der Waals surface area contributed by atoms with Gasteiger partial charge >= 0.3 is 0 Å². The molecule has 1 aliphatic rings. The Morgan fingerprint density at radius 3 is 2.27 bits per heavy atom. The van der Waals surface area contributed by atoms with Crippen molar-refractivity contribution in [3.05, 3.63) is 35.4 Å². The van der Waals surface area contributed by atoms with E-state index in [9.17, 15) is 9.59 Å². The number of amides is 2. The molecule has 1 aromatic carbocycles. The molecule has 1 aliphatic heterocycles. The van der Waals surface area contributed by atoms with Gasteiger partial charge in [-0.1, -0.05) is 19.9 Å². The van der Waals surface area contributed by atoms with Crippen LogP contribution >= 0.6 is 0 Å². The van der Waals surface area contributed by atoms with E-state index in [1.54, 1.807) is 18.2 Å². The quantitative estimate of drug-likeness (QED) is 0.813. The zero-order valence-corrected chi connectivity index (χ0v) is 16.4. The molecule has 5 nitrogen and oxygen atoms in total. The molecule has 0 bridgehead atoms. The summed E-state index contributed by atoms with van der Waals surface area (Å²) in [7, 11) is 0. The first-order chi connectivity index (χ1) is 12.5. The van der Waals surface area contributed by atoms with Gasteiger partial charge in [0.1, 0.15) is 0 Å². The van der Waals surface area contributed by atoms with E-state index < -0.39 is 0 Å². The van der Waals surface area contributed by atoms with E-state index in [2.05, 4.69) is 13.8 Å². The van der Waals surface area contributed by atoms with Gasteiger partial charge in [0.05, 0.1) is 0 Å². The molecule has 0 radical (unpaired) electrons. The van der Waals surface area contributed by atoms with Crippen molar-refractivity contribution >= 4 is 11.8 Å². The Balaban J connectivity index is 2.08. The van der Waals surface area contributed by atoms with E-state index in [0.717, 1.165) is 51.9 Å². The number of hydrogen-bond acceptors (Lipinski definition) is 3. The Bertz CT molecular complexity index is 601. The van der Waals surface area contributed by atoms with Gasteiger partial charge in [0.25, 0.3) is 11.8 Å². The molecule has 0 aliphatic carbocycles. The minimum absolute atomic E-state index is 0.0130. The molecule has 1 unspecified atom stereocenters. The number of nitrogens with zero attached hydrogens (tertiary/aromatic N) is 2. The molecule has 0 saturated carbocycles. The summed E-state index contributed by atoms with van der Waals surface area (Å²) in [5.74, 6) is 0.517. The lowest BCUT2D eigenvalue weighted by Gasteiger charge is -2.33. The summed E-state index contributed by atoms with van der Waals surface area (Å²) in [4.78, 5) is 29.4. The van der Waals surface area contributed by atoms with Gasteiger partial charge in [0, 0.05) is 43.3 Å². The van der Waals surface area contributed by atoms with Crippen LogP contribution < -0.4 is 5.73 Å². The van der Waals surface area contributed by atoms with E-state index >= 15 is 0 Å². The number of hydrogen-bond donors (Lipinski definition) is 1. The van der Waals surface area contributed by atoms with E-state index in [1.807, 2.05) is 22.8 Å². The van der Waals surface area contributed by atoms with E-state index in [0.29, 0.717) is 17.0 Å². The largest absolute Gasteiger partial charge is 0.339 e. The zero-order valence-electron chi connectivity index (χ0n) is 16.4. The van der Waals surface area contributed by atoms with Crippen molar-refractivity contribution in [3.63, 3.8) is 0 Å². The molecule has 1 aromatic rings. The summed E-state index contributed by atoms with van der Waals surface area (Å²) in [6.45, 7) is 9.15. The average molecular weight is 360 g/mol. The third-order valence-corrected chi connectivity index (χ3v) is 5.20. The van der Waals surface area contributed by atoms with Gasteiger partial charge in [-0.15, -0.1) is 0 Å². The second-order valence-corrected chi connectivity index (χ2v) is 7.36. The van der Waals surface area contributed by atoms with Crippen LogP contribution in [-0.4, -0.2) is 53.8 Å². The van der Waals surface area contributed by atoms with Gasteiger partial charge in [-0.25, -0.2) is 0 Å². The van der Waals surface area contributed by atoms with Crippen LogP contribution in [-0.2, 0) is 0 Å². The number of likely N-dealkylation sites (tertiary alicyclic amines) is 1. The van der Waals surface area contributed by atoms with Crippen LogP contribution in [0.3, 0.4) is 0 Å². The Morgan fingerprint density at radius 1 is 1.15 bits per heavy atom. The zero-order chi connectivity index (χ0) is 19.1. The first kappa shape index (κ1) is 20.4. The lowest BCUT2D eigenvalue weighted by molar-refractivity contribution is 0.0681. The molecule has 5 heteroatoms. The summed E-state index contributed by atoms with van der Waals surface area (Å²) in [5.41, 5.74) is 7.19. The maximum atomic E-state index is 12.8. The highest BCUT2D eigenvalue weighted by molar-refractivity contribution is 5.99. The molecule has 2 rings (SSSR count). The molecule has 0 spiro atoms. The monoisotopic (exact) mass is 359 g/mol. The Hall–Kier alpha value is -1.88. The fraction of sp³-hybridized carbons (Fsp3) is 0.619. The SMILES string of the molecule is CCCN(CCC)C(=O)c1cccc(C(=O)N2CCC(C(C)N)CC2)c1. The predicted molar refractivity (Wildman–Crippen MR) is 105 cm³/mol. The van der Waals surface area contributed by atoms with E-state index in [1.165, 1.54) is 0 Å². The fourth-order valence-electron chi connectivity index (χ4n) is 3.63. The third kappa shape index (κ3) is 5.07. The molecular formula is C21H33N3O2. The molecular weight excluding hydrogens is 326 g/mol. The Labute approximate surface area is 157 Å². The summed E-state index contributed by atoms with van der Waals surface area (Å²) in [6.07, 6.45) is 3.75. The van der Waals surface area contributed by atoms with E-state index in [-0.39, 0.29) is 17.9 Å². The highest BCUT2D eigenvalue weighted by Crippen LogP contribution is 2.21. The first-order valence-electron chi connectivity index (χ1n) is 9.92. The van der Waals surface area contributed by atoms with Gasteiger partial charge in [0.15, 0.2) is 0 Å². The van der Waals surface area contributed by atoms with Crippen LogP contribution in [0.5, 0.6) is 0 Å². The summed E-state index contributed by atoms with van der Waals surface area (Å²) < 4.78 is 0. The predicted octanol–water partition coefficient (Wildman–Crippen LogP) is 3.15. The maximum Gasteiger partial charge on any atom is 0.253 e. The molecule has 1 saturated heterocycles. The average Bonchev–Trinajstić information content (AvgIpc) is 2.67. The van der Waals surface area contributed by atoms with Crippen molar-refractivity contribution in [3.8, 4) is 0 Å². The van der Waals surface area contributed by atoms with Crippen LogP contribution in [0.4, 0.5) is 0 Å². The number of rotatable bonds is 7. The standard InChI is InChI=1S/C21H33N3O2/c1-4-11-23(12-5-2)20(25)18-7-6-8-19(15-18)21(26)24-13-9-17(10-14-24)16(3)22/h6-8,15-17H,4-5,9-14,22H2,1-3H3. The van der Waals surface area contributed by atoms with Gasteiger partial charge in [-0.2, -0.15) is 0 Å². The third-order valence-electron chi connectivity index (χ3n) is 5.20. The van der Waals surface area contributed by atoms with Gasteiger partial charge in [-0.05, 0) is 56.7 Å². The van der Waals surface area contributed by atoms with Crippen LogP contribution in [0.2, 0.25) is 0 Å². The van der Waals surface area contributed by atoms with Crippen molar-refractivity contribution in [1.29, 1.82) is 0 Å².